The van der Waals surface area contributed by atoms with Crippen LogP contribution in [-0.4, -0.2) is 49.4 Å². The van der Waals surface area contributed by atoms with E-state index >= 15 is 0 Å². The smallest absolute Gasteiger partial charge is 0.407 e. The monoisotopic (exact) mass is 474 g/mol. The molecule has 3 aromatic carbocycles. The van der Waals surface area contributed by atoms with Gasteiger partial charge in [-0.15, -0.1) is 0 Å². The van der Waals surface area contributed by atoms with Gasteiger partial charge in [0.2, 0.25) is 5.91 Å². The number of alkyl carbamates (subject to hydrolysis) is 1. The SMILES string of the molecule is COCC(NC(=O)OCC1c2ccccc2-c2ccccc21)C(=O)Nc1ccc(C)cc1C(=O)O. The molecule has 35 heavy (non-hydrogen) atoms. The summed E-state index contributed by atoms with van der Waals surface area (Å²) in [6.45, 7) is 1.73. The minimum atomic E-state index is -1.17. The van der Waals surface area contributed by atoms with Gasteiger partial charge in [-0.2, -0.15) is 0 Å². The van der Waals surface area contributed by atoms with Crippen molar-refractivity contribution in [3.8, 4) is 11.1 Å². The number of benzene rings is 3. The van der Waals surface area contributed by atoms with E-state index < -0.39 is 24.0 Å². The van der Waals surface area contributed by atoms with Crippen LogP contribution in [0.15, 0.2) is 66.7 Å². The molecule has 3 N–H and O–H groups in total. The molecule has 0 saturated heterocycles. The average molecular weight is 475 g/mol. The summed E-state index contributed by atoms with van der Waals surface area (Å²) < 4.78 is 10.6. The van der Waals surface area contributed by atoms with E-state index in [0.717, 1.165) is 27.8 Å². The van der Waals surface area contributed by atoms with Gasteiger partial charge < -0.3 is 25.2 Å². The summed E-state index contributed by atoms with van der Waals surface area (Å²) in [4.78, 5) is 37.0. The van der Waals surface area contributed by atoms with Gasteiger partial charge >= 0.3 is 12.1 Å². The zero-order valence-electron chi connectivity index (χ0n) is 19.4. The molecule has 8 nitrogen and oxygen atoms in total. The second-order valence-corrected chi connectivity index (χ2v) is 8.32. The summed E-state index contributed by atoms with van der Waals surface area (Å²) in [6, 6.07) is 19.6. The number of fused-ring (bicyclic) bond motifs is 3. The van der Waals surface area contributed by atoms with Gasteiger partial charge in [-0.3, -0.25) is 4.79 Å². The van der Waals surface area contributed by atoms with Crippen molar-refractivity contribution in [2.75, 3.05) is 25.6 Å². The number of carboxylic acid groups (broad SMARTS) is 1. The lowest BCUT2D eigenvalue weighted by Crippen LogP contribution is -2.47. The van der Waals surface area contributed by atoms with Gasteiger partial charge in [-0.1, -0.05) is 60.2 Å². The topological polar surface area (TPSA) is 114 Å². The summed E-state index contributed by atoms with van der Waals surface area (Å²) in [6.07, 6.45) is -0.772. The Balaban J connectivity index is 1.43. The van der Waals surface area contributed by atoms with Crippen LogP contribution in [0.5, 0.6) is 0 Å². The van der Waals surface area contributed by atoms with E-state index in [1.54, 1.807) is 13.0 Å². The lowest BCUT2D eigenvalue weighted by Gasteiger charge is -2.20. The fourth-order valence-corrected chi connectivity index (χ4v) is 4.30. The van der Waals surface area contributed by atoms with E-state index in [1.807, 2.05) is 48.5 Å². The van der Waals surface area contributed by atoms with E-state index in [2.05, 4.69) is 10.6 Å². The number of aromatic carboxylic acids is 1. The predicted molar refractivity (Wildman–Crippen MR) is 131 cm³/mol. The zero-order valence-corrected chi connectivity index (χ0v) is 19.4. The minimum absolute atomic E-state index is 0.0457. The number of methoxy groups -OCH3 is 1. The number of rotatable bonds is 8. The maximum atomic E-state index is 12.8. The highest BCUT2D eigenvalue weighted by atomic mass is 16.5. The first-order valence-corrected chi connectivity index (χ1v) is 11.1. The molecule has 0 aliphatic heterocycles. The molecule has 4 rings (SSSR count). The van der Waals surface area contributed by atoms with Gasteiger partial charge in [0, 0.05) is 13.0 Å². The summed E-state index contributed by atoms with van der Waals surface area (Å²) in [5.74, 6) is -1.91. The maximum absolute atomic E-state index is 12.8. The van der Waals surface area contributed by atoms with Crippen LogP contribution in [-0.2, 0) is 14.3 Å². The van der Waals surface area contributed by atoms with Crippen molar-refractivity contribution in [2.24, 2.45) is 0 Å². The van der Waals surface area contributed by atoms with E-state index in [0.29, 0.717) is 0 Å². The quantitative estimate of drug-likeness (QED) is 0.451. The lowest BCUT2D eigenvalue weighted by molar-refractivity contribution is -0.119. The third-order valence-electron chi connectivity index (χ3n) is 5.95. The number of ether oxygens (including phenoxy) is 2. The third-order valence-corrected chi connectivity index (χ3v) is 5.95. The Bertz CT molecular complexity index is 1230. The van der Waals surface area contributed by atoms with Crippen molar-refractivity contribution in [2.45, 2.75) is 18.9 Å². The molecule has 3 aromatic rings. The third kappa shape index (κ3) is 5.17. The van der Waals surface area contributed by atoms with Crippen LogP contribution in [0.3, 0.4) is 0 Å². The van der Waals surface area contributed by atoms with Crippen molar-refractivity contribution in [1.29, 1.82) is 0 Å². The zero-order chi connectivity index (χ0) is 24.9. The van der Waals surface area contributed by atoms with Crippen molar-refractivity contribution in [1.82, 2.24) is 5.32 Å². The molecule has 0 heterocycles. The molecule has 0 fully saturated rings. The Kier molecular flexibility index (Phi) is 7.12. The molecule has 1 unspecified atom stereocenters. The van der Waals surface area contributed by atoms with Crippen LogP contribution in [0.2, 0.25) is 0 Å². The number of hydrogen-bond donors (Lipinski definition) is 3. The Labute approximate surface area is 202 Å². The minimum Gasteiger partial charge on any atom is -0.478 e. The van der Waals surface area contributed by atoms with Crippen molar-refractivity contribution in [3.05, 3.63) is 89.0 Å². The van der Waals surface area contributed by atoms with Gasteiger partial charge in [0.05, 0.1) is 17.9 Å². The average Bonchev–Trinajstić information content (AvgIpc) is 3.17. The summed E-state index contributed by atoms with van der Waals surface area (Å²) in [7, 11) is 1.40. The number of carbonyl (C=O) groups excluding carboxylic acids is 2. The number of hydrogen-bond acceptors (Lipinski definition) is 5. The highest BCUT2D eigenvalue weighted by Gasteiger charge is 2.30. The van der Waals surface area contributed by atoms with Gasteiger partial charge in [0.1, 0.15) is 12.6 Å². The van der Waals surface area contributed by atoms with Crippen molar-refractivity contribution >= 4 is 23.7 Å². The summed E-state index contributed by atoms with van der Waals surface area (Å²) in [5.41, 5.74) is 5.20. The Morgan fingerprint density at radius 3 is 2.20 bits per heavy atom. The molecule has 0 spiro atoms. The van der Waals surface area contributed by atoms with Gasteiger partial charge in [-0.05, 0) is 41.3 Å². The normalized spacial score (nSPS) is 12.9. The van der Waals surface area contributed by atoms with Crippen LogP contribution in [0.1, 0.15) is 33.0 Å². The van der Waals surface area contributed by atoms with Crippen LogP contribution >= 0.6 is 0 Å². The number of carboxylic acids is 1. The van der Waals surface area contributed by atoms with Gasteiger partial charge in [0.25, 0.3) is 0 Å². The highest BCUT2D eigenvalue weighted by molar-refractivity contribution is 6.03. The van der Waals surface area contributed by atoms with Crippen molar-refractivity contribution < 1.29 is 29.0 Å². The number of amides is 2. The van der Waals surface area contributed by atoms with Crippen LogP contribution in [0.4, 0.5) is 10.5 Å². The van der Waals surface area contributed by atoms with Gasteiger partial charge in [-0.25, -0.2) is 9.59 Å². The number of aryl methyl sites for hydroxylation is 1. The molecule has 0 saturated carbocycles. The Hall–Kier alpha value is -4.17. The van der Waals surface area contributed by atoms with Crippen molar-refractivity contribution in [3.63, 3.8) is 0 Å². The lowest BCUT2D eigenvalue weighted by atomic mass is 9.98. The molecular formula is C27H26N2O6. The largest absolute Gasteiger partial charge is 0.478 e. The van der Waals surface area contributed by atoms with E-state index in [-0.39, 0.29) is 30.4 Å². The first-order valence-electron chi connectivity index (χ1n) is 11.1. The second-order valence-electron chi connectivity index (χ2n) is 8.32. The number of nitrogens with one attached hydrogen (secondary N) is 2. The summed E-state index contributed by atoms with van der Waals surface area (Å²) in [5, 5.41) is 14.5. The standard InChI is InChI=1S/C27H26N2O6/c1-16-11-12-23(21(13-16)26(31)32)28-25(30)24(15-34-2)29-27(33)35-14-22-19-9-5-3-7-17(19)18-8-4-6-10-20(18)22/h3-13,22,24H,14-15H2,1-2H3,(H,28,30)(H,29,33)(H,31,32). The van der Waals surface area contributed by atoms with E-state index in [1.165, 1.54) is 19.2 Å². The van der Waals surface area contributed by atoms with E-state index in [9.17, 15) is 19.5 Å². The van der Waals surface area contributed by atoms with E-state index in [4.69, 9.17) is 9.47 Å². The molecule has 8 heteroatoms. The molecule has 0 radical (unpaired) electrons. The molecule has 1 atom stereocenters. The van der Waals surface area contributed by atoms with Crippen LogP contribution < -0.4 is 10.6 Å². The van der Waals surface area contributed by atoms with Crippen LogP contribution in [0.25, 0.3) is 11.1 Å². The highest BCUT2D eigenvalue weighted by Crippen LogP contribution is 2.44. The molecule has 1 aliphatic carbocycles. The maximum Gasteiger partial charge on any atom is 0.407 e. The molecule has 0 aromatic heterocycles. The fourth-order valence-electron chi connectivity index (χ4n) is 4.30. The molecule has 1 aliphatic rings. The first kappa shape index (κ1) is 24.0. The predicted octanol–water partition coefficient (Wildman–Crippen LogP) is 4.19. The molecule has 180 valence electrons. The second kappa shape index (κ2) is 10.4. The number of anilines is 1. The Morgan fingerprint density at radius 1 is 0.971 bits per heavy atom. The molecular weight excluding hydrogens is 448 g/mol. The number of carbonyl (C=O) groups is 3. The van der Waals surface area contributed by atoms with Gasteiger partial charge in [0.15, 0.2) is 0 Å². The summed E-state index contributed by atoms with van der Waals surface area (Å²) >= 11 is 0. The molecule has 2 amide bonds. The molecule has 0 bridgehead atoms. The Morgan fingerprint density at radius 2 is 1.60 bits per heavy atom. The fraction of sp³-hybridized carbons (Fsp3) is 0.222. The first-order chi connectivity index (χ1) is 16.9. The van der Waals surface area contributed by atoms with Crippen LogP contribution in [0, 0.1) is 6.92 Å².